The zero-order valence-electron chi connectivity index (χ0n) is 18.9. The molecule has 0 radical (unpaired) electrons. The molecule has 4 heterocycles. The molecular weight excluding hydrogens is 553 g/mol. The lowest BCUT2D eigenvalue weighted by Gasteiger charge is -2.39. The van der Waals surface area contributed by atoms with Crippen molar-refractivity contribution in [1.29, 1.82) is 5.26 Å². The van der Waals surface area contributed by atoms with Crippen molar-refractivity contribution >= 4 is 34.3 Å². The van der Waals surface area contributed by atoms with Gasteiger partial charge in [0.1, 0.15) is 17.8 Å². The molecule has 3 aliphatic rings. The van der Waals surface area contributed by atoms with Gasteiger partial charge in [-0.2, -0.15) is 44.8 Å². The van der Waals surface area contributed by atoms with Crippen LogP contribution < -0.4 is 4.90 Å². The van der Waals surface area contributed by atoms with Gasteiger partial charge in [0, 0.05) is 17.3 Å². The number of anilines is 1. The van der Waals surface area contributed by atoms with Crippen molar-refractivity contribution in [3.8, 4) is 6.07 Å². The van der Waals surface area contributed by atoms with Crippen LogP contribution in [0.3, 0.4) is 0 Å². The lowest BCUT2D eigenvalue weighted by molar-refractivity contribution is -0.389. The minimum absolute atomic E-state index is 0.0513. The van der Waals surface area contributed by atoms with Crippen LogP contribution in [0.15, 0.2) is 30.5 Å². The third-order valence-corrected chi connectivity index (χ3v) is 7.06. The number of carbonyl (C=O) groups excluding carboxylic acids is 3. The second-order valence-electron chi connectivity index (χ2n) is 9.09. The lowest BCUT2D eigenvalue weighted by Crippen LogP contribution is -2.67. The van der Waals surface area contributed by atoms with Crippen LogP contribution in [-0.2, 0) is 9.59 Å². The summed E-state index contributed by atoms with van der Waals surface area (Å²) < 4.78 is 121. The van der Waals surface area contributed by atoms with Crippen LogP contribution >= 0.6 is 0 Å². The number of likely N-dealkylation sites (tertiary alicyclic amines) is 1. The third kappa shape index (κ3) is 3.26. The van der Waals surface area contributed by atoms with Gasteiger partial charge in [-0.25, -0.2) is 14.7 Å². The van der Waals surface area contributed by atoms with Gasteiger partial charge in [0.2, 0.25) is 0 Å². The van der Waals surface area contributed by atoms with E-state index >= 15 is 0 Å². The van der Waals surface area contributed by atoms with Crippen molar-refractivity contribution < 1.29 is 53.9 Å². The second kappa shape index (κ2) is 7.96. The lowest BCUT2D eigenvalue weighted by atomic mass is 10.0. The molecule has 17 heteroatoms. The summed E-state index contributed by atoms with van der Waals surface area (Å²) >= 11 is 0. The molecule has 3 atom stereocenters. The Morgan fingerprint density at radius 2 is 1.59 bits per heavy atom. The normalized spacial score (nSPS) is 23.6. The van der Waals surface area contributed by atoms with Gasteiger partial charge in [-0.15, -0.1) is 0 Å². The summed E-state index contributed by atoms with van der Waals surface area (Å²) in [7, 11) is 0. The predicted octanol–water partition coefficient (Wildman–Crippen LogP) is 3.69. The number of nitriles is 1. The van der Waals surface area contributed by atoms with Crippen molar-refractivity contribution in [2.45, 2.75) is 48.5 Å². The summed E-state index contributed by atoms with van der Waals surface area (Å²) in [5.41, 5.74) is -0.169. The number of aromatic nitrogens is 1. The van der Waals surface area contributed by atoms with E-state index in [0.717, 1.165) is 11.1 Å². The molecule has 206 valence electrons. The molecule has 39 heavy (non-hydrogen) atoms. The first-order valence-electron chi connectivity index (χ1n) is 10.9. The monoisotopic (exact) mass is 565 g/mol. The van der Waals surface area contributed by atoms with E-state index in [1.54, 1.807) is 6.07 Å². The van der Waals surface area contributed by atoms with E-state index in [4.69, 9.17) is 0 Å². The number of amides is 4. The highest BCUT2D eigenvalue weighted by atomic mass is 19.4. The van der Waals surface area contributed by atoms with Crippen LogP contribution in [0, 0.1) is 11.3 Å². The Balaban J connectivity index is 1.48. The number of carbonyl (C=O) groups is 3. The minimum Gasteiger partial charge on any atom is -0.330 e. The Morgan fingerprint density at radius 3 is 2.18 bits per heavy atom. The molecule has 0 N–H and O–H groups in total. The summed E-state index contributed by atoms with van der Waals surface area (Å²) in [6.45, 7) is -0.914. The van der Waals surface area contributed by atoms with Crippen LogP contribution in [0.5, 0.6) is 0 Å². The highest BCUT2D eigenvalue weighted by Gasteiger charge is 2.84. The Bertz CT molecular complexity index is 1470. The van der Waals surface area contributed by atoms with Crippen LogP contribution in [-0.4, -0.2) is 81.2 Å². The van der Waals surface area contributed by atoms with Crippen molar-refractivity contribution in [2.75, 3.05) is 11.4 Å². The van der Waals surface area contributed by atoms with E-state index in [0.29, 0.717) is 4.90 Å². The van der Waals surface area contributed by atoms with Crippen LogP contribution in [0.4, 0.5) is 50.0 Å². The fourth-order valence-corrected chi connectivity index (χ4v) is 5.25. The van der Waals surface area contributed by atoms with Gasteiger partial charge in [0.05, 0.1) is 24.0 Å². The molecule has 2 aromatic rings. The van der Waals surface area contributed by atoms with Crippen molar-refractivity contribution in [3.63, 3.8) is 0 Å². The van der Waals surface area contributed by atoms with Gasteiger partial charge < -0.3 is 9.80 Å². The van der Waals surface area contributed by atoms with Crippen molar-refractivity contribution in [1.82, 2.24) is 14.8 Å². The maximum absolute atomic E-state index is 14.4. The van der Waals surface area contributed by atoms with Gasteiger partial charge in [-0.05, 0) is 6.42 Å². The fourth-order valence-electron chi connectivity index (χ4n) is 5.25. The predicted molar refractivity (Wildman–Crippen MR) is 110 cm³/mol. The average molecular weight is 565 g/mol. The minimum atomic E-state index is -7.26. The standard InChI is InChI=1S/C22H12F9N5O3/c23-19(24,20(25,26)21(27,28)22(29,30)31)17(38)34-8-9-5-13(34)15-16(37)36(18(39)35(9)15)14-7-33-12(6-32)10-3-1-2-4-11(10)14/h1-4,7,9,13,15H,5,8H2/t9-,13?,15-/m1/s1. The number of pyridine rings is 1. The van der Waals surface area contributed by atoms with E-state index < -0.39 is 66.5 Å². The summed E-state index contributed by atoms with van der Waals surface area (Å²) in [4.78, 5) is 44.2. The highest BCUT2D eigenvalue weighted by Crippen LogP contribution is 2.54. The molecule has 1 aromatic heterocycles. The molecule has 3 fully saturated rings. The number of rotatable bonds is 4. The maximum Gasteiger partial charge on any atom is 0.460 e. The first kappa shape index (κ1) is 26.5. The number of imide groups is 1. The molecule has 3 aliphatic heterocycles. The number of benzene rings is 1. The second-order valence-corrected chi connectivity index (χ2v) is 9.09. The molecule has 0 aliphatic carbocycles. The smallest absolute Gasteiger partial charge is 0.330 e. The molecular formula is C22H12F9N5O3. The molecule has 5 rings (SSSR count). The Labute approximate surface area is 211 Å². The number of fused-ring (bicyclic) bond motifs is 6. The molecule has 8 nitrogen and oxygen atoms in total. The van der Waals surface area contributed by atoms with Gasteiger partial charge in [-0.3, -0.25) is 9.59 Å². The Morgan fingerprint density at radius 1 is 0.974 bits per heavy atom. The molecule has 4 amide bonds. The highest BCUT2D eigenvalue weighted by molar-refractivity contribution is 6.25. The zero-order chi connectivity index (χ0) is 28.9. The van der Waals surface area contributed by atoms with E-state index in [1.165, 1.54) is 18.2 Å². The van der Waals surface area contributed by atoms with Gasteiger partial charge >= 0.3 is 30.0 Å². The topological polar surface area (TPSA) is 97.6 Å². The maximum atomic E-state index is 14.4. The fraction of sp³-hybridized carbons (Fsp3) is 0.409. The van der Waals surface area contributed by atoms with E-state index in [2.05, 4.69) is 4.98 Å². The van der Waals surface area contributed by atoms with Crippen LogP contribution in [0.1, 0.15) is 12.1 Å². The number of hydrogen-bond acceptors (Lipinski definition) is 5. The van der Waals surface area contributed by atoms with E-state index in [9.17, 15) is 59.2 Å². The Hall–Kier alpha value is -4.10. The molecule has 1 unspecified atom stereocenters. The van der Waals surface area contributed by atoms with Gasteiger partial charge in [0.15, 0.2) is 0 Å². The van der Waals surface area contributed by atoms with Crippen molar-refractivity contribution in [3.05, 3.63) is 36.2 Å². The molecule has 1 aromatic carbocycles. The first-order chi connectivity index (χ1) is 18.0. The molecule has 2 bridgehead atoms. The Kier molecular flexibility index (Phi) is 5.41. The van der Waals surface area contributed by atoms with E-state index in [1.807, 2.05) is 6.07 Å². The molecule has 0 saturated carbocycles. The number of alkyl halides is 9. The van der Waals surface area contributed by atoms with Crippen LogP contribution in [0.25, 0.3) is 10.8 Å². The first-order valence-corrected chi connectivity index (χ1v) is 10.9. The van der Waals surface area contributed by atoms with Gasteiger partial charge in [0.25, 0.3) is 11.8 Å². The molecule has 0 spiro atoms. The molecule has 3 saturated heterocycles. The van der Waals surface area contributed by atoms with Crippen molar-refractivity contribution in [2.24, 2.45) is 0 Å². The summed E-state index contributed by atoms with van der Waals surface area (Å²) in [5.74, 6) is -25.1. The summed E-state index contributed by atoms with van der Waals surface area (Å²) in [5, 5.41) is 9.74. The largest absolute Gasteiger partial charge is 0.460 e. The number of hydrogen-bond donors (Lipinski definition) is 0. The van der Waals surface area contributed by atoms with Gasteiger partial charge in [-0.1, -0.05) is 24.3 Å². The zero-order valence-corrected chi connectivity index (χ0v) is 18.9. The number of urea groups is 1. The average Bonchev–Trinajstić information content (AvgIpc) is 3.53. The number of piperazine rings is 1. The summed E-state index contributed by atoms with van der Waals surface area (Å²) in [6, 6.07) is 2.21. The third-order valence-electron chi connectivity index (χ3n) is 7.06. The SMILES string of the molecule is N#Cc1ncc(N2C(=O)[C@H]3C4C[C@H](CN4C(=O)C(F)(F)C(F)(F)C(F)(F)C(F)(F)F)N3C2=O)c2ccccc12. The summed E-state index contributed by atoms with van der Waals surface area (Å²) in [6.07, 6.45) is -6.46. The number of halogens is 9. The van der Waals surface area contributed by atoms with Crippen LogP contribution in [0.2, 0.25) is 0 Å². The number of nitrogens with zero attached hydrogens (tertiary/aromatic N) is 5. The quantitative estimate of drug-likeness (QED) is 0.416. The van der Waals surface area contributed by atoms with E-state index in [-0.39, 0.29) is 33.5 Å².